The van der Waals surface area contributed by atoms with Crippen LogP contribution in [-0.2, 0) is 4.74 Å². The van der Waals surface area contributed by atoms with Gasteiger partial charge in [0.2, 0.25) is 0 Å². The Kier molecular flexibility index (Phi) is 10.3. The summed E-state index contributed by atoms with van der Waals surface area (Å²) >= 11 is 2.00. The van der Waals surface area contributed by atoms with Gasteiger partial charge >= 0.3 is 0 Å². The van der Waals surface area contributed by atoms with Crippen molar-refractivity contribution in [3.8, 4) is 0 Å². The predicted molar refractivity (Wildman–Crippen MR) is 127 cm³/mol. The average molecular weight is 503 g/mol. The average Bonchev–Trinajstić information content (AvgIpc) is 3.16. The van der Waals surface area contributed by atoms with Crippen LogP contribution in [0.25, 0.3) is 0 Å². The summed E-state index contributed by atoms with van der Waals surface area (Å²) in [6.45, 7) is 4.68. The lowest BCUT2D eigenvalue weighted by Crippen LogP contribution is -2.46. The van der Waals surface area contributed by atoms with Crippen molar-refractivity contribution in [1.82, 2.24) is 10.6 Å². The fourth-order valence-corrected chi connectivity index (χ4v) is 4.87. The highest BCUT2D eigenvalue weighted by atomic mass is 127. The number of thioether (sulfide) groups is 1. The first-order chi connectivity index (χ1) is 12.8. The Bertz CT molecular complexity index is 572. The van der Waals surface area contributed by atoms with Crippen LogP contribution in [0, 0.1) is 5.92 Å². The van der Waals surface area contributed by atoms with Crippen LogP contribution in [0.1, 0.15) is 50.7 Å². The maximum atomic E-state index is 6.01. The minimum atomic E-state index is 0. The zero-order valence-electron chi connectivity index (χ0n) is 16.5. The zero-order valence-corrected chi connectivity index (χ0v) is 19.7. The molecule has 4 atom stereocenters. The second kappa shape index (κ2) is 12.2. The standard InChI is InChI=1S/C21H33N3OS.HI/c1-3-22-21(24-18-10-7-11-19(14-18)26-2)23-15-17-12-13-25-20(17)16-8-5-4-6-9-16;/h4-6,8-9,17-20H,3,7,10-15H2,1-2H3,(H2,22,23,24);1H. The van der Waals surface area contributed by atoms with E-state index >= 15 is 0 Å². The molecule has 27 heavy (non-hydrogen) atoms. The number of aliphatic imine (C=N–C) groups is 1. The maximum Gasteiger partial charge on any atom is 0.191 e. The van der Waals surface area contributed by atoms with Gasteiger partial charge in [-0.1, -0.05) is 36.8 Å². The van der Waals surface area contributed by atoms with Crippen LogP contribution in [0.2, 0.25) is 0 Å². The molecule has 1 aliphatic heterocycles. The van der Waals surface area contributed by atoms with Crippen LogP contribution in [0.15, 0.2) is 35.3 Å². The van der Waals surface area contributed by atoms with Crippen molar-refractivity contribution in [2.24, 2.45) is 10.9 Å². The van der Waals surface area contributed by atoms with Crippen molar-refractivity contribution in [3.05, 3.63) is 35.9 Å². The van der Waals surface area contributed by atoms with Crippen LogP contribution in [0.4, 0.5) is 0 Å². The van der Waals surface area contributed by atoms with Crippen LogP contribution in [0.5, 0.6) is 0 Å². The largest absolute Gasteiger partial charge is 0.373 e. The van der Waals surface area contributed by atoms with Gasteiger partial charge in [0, 0.05) is 36.9 Å². The van der Waals surface area contributed by atoms with Gasteiger partial charge < -0.3 is 15.4 Å². The molecule has 0 aromatic heterocycles. The lowest BCUT2D eigenvalue weighted by molar-refractivity contribution is 0.0925. The normalized spacial score (nSPS) is 28.4. The minimum Gasteiger partial charge on any atom is -0.373 e. The summed E-state index contributed by atoms with van der Waals surface area (Å²) in [5.74, 6) is 1.43. The molecular weight excluding hydrogens is 469 g/mol. The predicted octanol–water partition coefficient (Wildman–Crippen LogP) is 4.61. The Hall–Kier alpha value is -0.470. The number of benzene rings is 1. The molecule has 1 saturated carbocycles. The minimum absolute atomic E-state index is 0. The van der Waals surface area contributed by atoms with E-state index in [-0.39, 0.29) is 30.1 Å². The third-order valence-corrected chi connectivity index (χ3v) is 6.57. The Labute approximate surface area is 185 Å². The van der Waals surface area contributed by atoms with Crippen molar-refractivity contribution in [3.63, 3.8) is 0 Å². The van der Waals surface area contributed by atoms with E-state index in [1.807, 2.05) is 11.8 Å². The number of nitrogens with zero attached hydrogens (tertiary/aromatic N) is 1. The first kappa shape index (κ1) is 22.8. The first-order valence-corrected chi connectivity index (χ1v) is 11.3. The van der Waals surface area contributed by atoms with Gasteiger partial charge in [-0.2, -0.15) is 11.8 Å². The van der Waals surface area contributed by atoms with Gasteiger partial charge in [-0.15, -0.1) is 24.0 Å². The van der Waals surface area contributed by atoms with E-state index in [0.717, 1.165) is 37.3 Å². The van der Waals surface area contributed by atoms with E-state index in [1.54, 1.807) is 0 Å². The van der Waals surface area contributed by atoms with Gasteiger partial charge in [0.25, 0.3) is 0 Å². The second-order valence-electron chi connectivity index (χ2n) is 7.34. The van der Waals surface area contributed by atoms with Gasteiger partial charge in [-0.05, 0) is 44.4 Å². The summed E-state index contributed by atoms with van der Waals surface area (Å²) in [5, 5.41) is 7.90. The third kappa shape index (κ3) is 6.82. The van der Waals surface area contributed by atoms with E-state index in [9.17, 15) is 0 Å². The molecule has 2 N–H and O–H groups in total. The third-order valence-electron chi connectivity index (χ3n) is 5.47. The molecule has 0 radical (unpaired) electrons. The number of hydrogen-bond acceptors (Lipinski definition) is 3. The molecule has 3 rings (SSSR count). The van der Waals surface area contributed by atoms with Crippen LogP contribution < -0.4 is 10.6 Å². The van der Waals surface area contributed by atoms with Crippen molar-refractivity contribution in [2.45, 2.75) is 56.4 Å². The van der Waals surface area contributed by atoms with E-state index in [0.29, 0.717) is 12.0 Å². The Balaban J connectivity index is 0.00000261. The molecule has 1 aromatic carbocycles. The topological polar surface area (TPSA) is 45.7 Å². The number of hydrogen-bond donors (Lipinski definition) is 2. The molecule has 1 heterocycles. The smallest absolute Gasteiger partial charge is 0.191 e. The summed E-state index contributed by atoms with van der Waals surface area (Å²) in [6.07, 6.45) is 8.65. The Morgan fingerprint density at radius 3 is 2.78 bits per heavy atom. The molecule has 0 bridgehead atoms. The van der Waals surface area contributed by atoms with Crippen LogP contribution >= 0.6 is 35.7 Å². The molecule has 1 saturated heterocycles. The lowest BCUT2D eigenvalue weighted by atomic mass is 9.95. The van der Waals surface area contributed by atoms with Crippen molar-refractivity contribution in [1.29, 1.82) is 0 Å². The van der Waals surface area contributed by atoms with Crippen molar-refractivity contribution < 1.29 is 4.74 Å². The van der Waals surface area contributed by atoms with E-state index < -0.39 is 0 Å². The van der Waals surface area contributed by atoms with E-state index in [4.69, 9.17) is 9.73 Å². The Morgan fingerprint density at radius 1 is 1.22 bits per heavy atom. The van der Waals surface area contributed by atoms with Crippen molar-refractivity contribution in [2.75, 3.05) is 26.0 Å². The molecule has 0 spiro atoms. The van der Waals surface area contributed by atoms with Crippen LogP contribution in [-0.4, -0.2) is 43.2 Å². The zero-order chi connectivity index (χ0) is 18.2. The molecule has 6 heteroatoms. The number of halogens is 1. The van der Waals surface area contributed by atoms with Gasteiger partial charge in [0.1, 0.15) is 0 Å². The first-order valence-electron chi connectivity index (χ1n) is 10.0. The number of nitrogens with one attached hydrogen (secondary N) is 2. The molecule has 4 nitrogen and oxygen atoms in total. The number of rotatable bonds is 6. The number of ether oxygens (including phenoxy) is 1. The molecule has 2 fully saturated rings. The molecule has 152 valence electrons. The van der Waals surface area contributed by atoms with Gasteiger partial charge in [0.05, 0.1) is 6.10 Å². The van der Waals surface area contributed by atoms with Gasteiger partial charge in [-0.3, -0.25) is 4.99 Å². The monoisotopic (exact) mass is 503 g/mol. The summed E-state index contributed by atoms with van der Waals surface area (Å²) in [6, 6.07) is 11.1. The Morgan fingerprint density at radius 2 is 2.04 bits per heavy atom. The molecule has 0 amide bonds. The summed E-state index contributed by atoms with van der Waals surface area (Å²) in [5.41, 5.74) is 1.28. The summed E-state index contributed by atoms with van der Waals surface area (Å²) < 4.78 is 6.01. The summed E-state index contributed by atoms with van der Waals surface area (Å²) in [7, 11) is 0. The quantitative estimate of drug-likeness (QED) is 0.338. The highest BCUT2D eigenvalue weighted by Gasteiger charge is 2.29. The fourth-order valence-electron chi connectivity index (χ4n) is 4.04. The number of guanidine groups is 1. The summed E-state index contributed by atoms with van der Waals surface area (Å²) in [4.78, 5) is 4.92. The second-order valence-corrected chi connectivity index (χ2v) is 8.47. The lowest BCUT2D eigenvalue weighted by Gasteiger charge is -2.30. The highest BCUT2D eigenvalue weighted by Crippen LogP contribution is 2.34. The van der Waals surface area contributed by atoms with Crippen molar-refractivity contribution >= 4 is 41.7 Å². The van der Waals surface area contributed by atoms with E-state index in [1.165, 1.54) is 31.2 Å². The molecule has 2 aliphatic rings. The van der Waals surface area contributed by atoms with Gasteiger partial charge in [-0.25, -0.2) is 0 Å². The molecule has 4 unspecified atom stereocenters. The molecule has 1 aromatic rings. The highest BCUT2D eigenvalue weighted by molar-refractivity contribution is 14.0. The van der Waals surface area contributed by atoms with Gasteiger partial charge in [0.15, 0.2) is 5.96 Å². The maximum absolute atomic E-state index is 6.01. The molecule has 1 aliphatic carbocycles. The van der Waals surface area contributed by atoms with E-state index in [2.05, 4.69) is 54.1 Å². The molecular formula is C21H34IN3OS. The SMILES string of the molecule is CCNC(=NCC1CCOC1c1ccccc1)NC1CCCC(SC)C1.I. The van der Waals surface area contributed by atoms with Crippen LogP contribution in [0.3, 0.4) is 0 Å². The fraction of sp³-hybridized carbons (Fsp3) is 0.667.